The number of alkyl halides is 3. The standard InChI is InChI=1S/C11H14F3N/c1-8(2)3-4-9-5-10(7-15-6-9)11(12,13)14/h5-8H,3-4H2,1-2H3. The maximum atomic E-state index is 12.3. The number of pyridine rings is 1. The van der Waals surface area contributed by atoms with Gasteiger partial charge in [-0.2, -0.15) is 13.2 Å². The van der Waals surface area contributed by atoms with E-state index in [1.54, 1.807) is 0 Å². The van der Waals surface area contributed by atoms with Crippen molar-refractivity contribution in [2.24, 2.45) is 5.92 Å². The van der Waals surface area contributed by atoms with Crippen LogP contribution in [0.5, 0.6) is 0 Å². The zero-order valence-electron chi connectivity index (χ0n) is 8.80. The second kappa shape index (κ2) is 4.64. The van der Waals surface area contributed by atoms with Gasteiger partial charge in [0.1, 0.15) is 0 Å². The lowest BCUT2D eigenvalue weighted by Gasteiger charge is -2.08. The van der Waals surface area contributed by atoms with Gasteiger partial charge in [0.05, 0.1) is 5.56 Å². The SMILES string of the molecule is CC(C)CCc1cncc(C(F)(F)F)c1. The van der Waals surface area contributed by atoms with E-state index in [2.05, 4.69) is 4.98 Å². The summed E-state index contributed by atoms with van der Waals surface area (Å²) >= 11 is 0. The summed E-state index contributed by atoms with van der Waals surface area (Å²) in [7, 11) is 0. The van der Waals surface area contributed by atoms with Gasteiger partial charge in [0, 0.05) is 12.4 Å². The number of hydrogen-bond acceptors (Lipinski definition) is 1. The Morgan fingerprint density at radius 1 is 1.27 bits per heavy atom. The molecule has 4 heteroatoms. The van der Waals surface area contributed by atoms with E-state index in [4.69, 9.17) is 0 Å². The molecule has 0 aliphatic heterocycles. The summed E-state index contributed by atoms with van der Waals surface area (Å²) in [5, 5.41) is 0. The average molecular weight is 217 g/mol. The lowest BCUT2D eigenvalue weighted by molar-refractivity contribution is -0.137. The van der Waals surface area contributed by atoms with Crippen LogP contribution < -0.4 is 0 Å². The molecule has 0 saturated carbocycles. The van der Waals surface area contributed by atoms with Gasteiger partial charge in [-0.1, -0.05) is 13.8 Å². The van der Waals surface area contributed by atoms with E-state index in [-0.39, 0.29) is 0 Å². The molecule has 0 radical (unpaired) electrons. The molecule has 0 saturated heterocycles. The van der Waals surface area contributed by atoms with Gasteiger partial charge in [-0.05, 0) is 30.4 Å². The molecule has 84 valence electrons. The van der Waals surface area contributed by atoms with Gasteiger partial charge in [0.2, 0.25) is 0 Å². The number of halogens is 3. The summed E-state index contributed by atoms with van der Waals surface area (Å²) in [5.41, 5.74) is -0.0118. The number of aryl methyl sites for hydroxylation is 1. The summed E-state index contributed by atoms with van der Waals surface area (Å²) in [6.45, 7) is 4.09. The molecule has 0 fully saturated rings. The lowest BCUT2D eigenvalue weighted by Crippen LogP contribution is -2.06. The average Bonchev–Trinajstić information content (AvgIpc) is 2.14. The molecule has 0 bridgehead atoms. The number of aromatic nitrogens is 1. The summed E-state index contributed by atoms with van der Waals surface area (Å²) < 4.78 is 37.0. The summed E-state index contributed by atoms with van der Waals surface area (Å²) in [6, 6.07) is 1.18. The van der Waals surface area contributed by atoms with Gasteiger partial charge in [-0.15, -0.1) is 0 Å². The number of rotatable bonds is 3. The first-order chi connectivity index (χ1) is 6.89. The van der Waals surface area contributed by atoms with Crippen molar-refractivity contribution in [2.75, 3.05) is 0 Å². The summed E-state index contributed by atoms with van der Waals surface area (Å²) in [4.78, 5) is 3.61. The predicted octanol–water partition coefficient (Wildman–Crippen LogP) is 3.69. The highest BCUT2D eigenvalue weighted by Gasteiger charge is 2.30. The van der Waals surface area contributed by atoms with Crippen LogP contribution in [0.4, 0.5) is 13.2 Å². The van der Waals surface area contributed by atoms with E-state index in [1.807, 2.05) is 13.8 Å². The van der Waals surface area contributed by atoms with E-state index in [0.29, 0.717) is 17.9 Å². The smallest absolute Gasteiger partial charge is 0.264 e. The third-order valence-electron chi connectivity index (χ3n) is 2.13. The minimum atomic E-state index is -4.29. The number of nitrogens with zero attached hydrogens (tertiary/aromatic N) is 1. The van der Waals surface area contributed by atoms with E-state index < -0.39 is 11.7 Å². The molecule has 0 aliphatic rings. The van der Waals surface area contributed by atoms with E-state index >= 15 is 0 Å². The minimum Gasteiger partial charge on any atom is -0.264 e. The molecule has 15 heavy (non-hydrogen) atoms. The van der Waals surface area contributed by atoms with Crippen molar-refractivity contribution < 1.29 is 13.2 Å². The summed E-state index contributed by atoms with van der Waals surface area (Å²) in [5.74, 6) is 0.486. The van der Waals surface area contributed by atoms with Crippen molar-refractivity contribution in [1.82, 2.24) is 4.98 Å². The number of hydrogen-bond donors (Lipinski definition) is 0. The summed E-state index contributed by atoms with van der Waals surface area (Å²) in [6.07, 6.45) is -0.408. The lowest BCUT2D eigenvalue weighted by atomic mass is 10.0. The minimum absolute atomic E-state index is 0.486. The molecule has 0 spiro atoms. The molecule has 1 rings (SSSR count). The van der Waals surface area contributed by atoms with Crippen molar-refractivity contribution in [3.8, 4) is 0 Å². The van der Waals surface area contributed by atoms with Crippen molar-refractivity contribution in [3.05, 3.63) is 29.6 Å². The Kier molecular flexibility index (Phi) is 3.72. The molecule has 0 atom stereocenters. The van der Waals surface area contributed by atoms with Crippen LogP contribution in [-0.2, 0) is 12.6 Å². The normalized spacial score (nSPS) is 12.1. The van der Waals surface area contributed by atoms with Gasteiger partial charge < -0.3 is 0 Å². The van der Waals surface area contributed by atoms with Gasteiger partial charge >= 0.3 is 6.18 Å². The fourth-order valence-electron chi connectivity index (χ4n) is 1.23. The quantitative estimate of drug-likeness (QED) is 0.752. The van der Waals surface area contributed by atoms with Crippen LogP contribution in [0.15, 0.2) is 18.5 Å². The first kappa shape index (κ1) is 12.0. The Bertz CT molecular complexity index is 318. The van der Waals surface area contributed by atoms with Gasteiger partial charge in [0.25, 0.3) is 0 Å². The van der Waals surface area contributed by atoms with Crippen molar-refractivity contribution in [1.29, 1.82) is 0 Å². The maximum Gasteiger partial charge on any atom is 0.417 e. The molecular formula is C11H14F3N. The first-order valence-corrected chi connectivity index (χ1v) is 4.90. The highest BCUT2D eigenvalue weighted by atomic mass is 19.4. The Morgan fingerprint density at radius 2 is 1.93 bits per heavy atom. The second-order valence-corrected chi connectivity index (χ2v) is 4.01. The van der Waals surface area contributed by atoms with Crippen LogP contribution >= 0.6 is 0 Å². The topological polar surface area (TPSA) is 12.9 Å². The molecule has 0 amide bonds. The molecular weight excluding hydrogens is 203 g/mol. The molecule has 0 aromatic carbocycles. The van der Waals surface area contributed by atoms with E-state index in [1.165, 1.54) is 12.3 Å². The monoisotopic (exact) mass is 217 g/mol. The second-order valence-electron chi connectivity index (χ2n) is 4.01. The zero-order chi connectivity index (χ0) is 11.5. The molecule has 1 heterocycles. The molecule has 1 nitrogen and oxygen atoms in total. The zero-order valence-corrected chi connectivity index (χ0v) is 8.80. The predicted molar refractivity (Wildman–Crippen MR) is 52.4 cm³/mol. The first-order valence-electron chi connectivity index (χ1n) is 4.90. The van der Waals surface area contributed by atoms with Gasteiger partial charge in [0.15, 0.2) is 0 Å². The highest BCUT2D eigenvalue weighted by molar-refractivity contribution is 5.20. The molecule has 1 aromatic heterocycles. The third kappa shape index (κ3) is 3.90. The van der Waals surface area contributed by atoms with E-state index in [0.717, 1.165) is 12.6 Å². The Morgan fingerprint density at radius 3 is 2.47 bits per heavy atom. The van der Waals surface area contributed by atoms with E-state index in [9.17, 15) is 13.2 Å². The van der Waals surface area contributed by atoms with Crippen LogP contribution in [0.3, 0.4) is 0 Å². The third-order valence-corrected chi connectivity index (χ3v) is 2.13. The Balaban J connectivity index is 2.75. The highest BCUT2D eigenvalue weighted by Crippen LogP contribution is 2.29. The van der Waals surface area contributed by atoms with Crippen LogP contribution in [0.2, 0.25) is 0 Å². The van der Waals surface area contributed by atoms with Crippen LogP contribution in [0.25, 0.3) is 0 Å². The van der Waals surface area contributed by atoms with Gasteiger partial charge in [-0.3, -0.25) is 4.98 Å². The Labute approximate surface area is 87.3 Å². The Hall–Kier alpha value is -1.06. The van der Waals surface area contributed by atoms with Crippen molar-refractivity contribution >= 4 is 0 Å². The van der Waals surface area contributed by atoms with Crippen molar-refractivity contribution in [3.63, 3.8) is 0 Å². The fourth-order valence-corrected chi connectivity index (χ4v) is 1.23. The fraction of sp³-hybridized carbons (Fsp3) is 0.545. The molecule has 0 unspecified atom stereocenters. The molecule has 0 N–H and O–H groups in total. The van der Waals surface area contributed by atoms with Crippen molar-refractivity contribution in [2.45, 2.75) is 32.9 Å². The van der Waals surface area contributed by atoms with Crippen LogP contribution in [0, 0.1) is 5.92 Å². The van der Waals surface area contributed by atoms with Crippen LogP contribution in [0.1, 0.15) is 31.4 Å². The largest absolute Gasteiger partial charge is 0.417 e. The molecule has 0 aliphatic carbocycles. The maximum absolute atomic E-state index is 12.3. The molecule has 1 aromatic rings. The van der Waals surface area contributed by atoms with Gasteiger partial charge in [-0.25, -0.2) is 0 Å². The van der Waals surface area contributed by atoms with Crippen LogP contribution in [-0.4, -0.2) is 4.98 Å².